The van der Waals surface area contributed by atoms with Crippen molar-refractivity contribution in [1.29, 1.82) is 0 Å². The molecule has 25 heavy (non-hydrogen) atoms. The number of nitrogens with zero attached hydrogens (tertiary/aromatic N) is 2. The molecule has 3 rings (SSSR count). The van der Waals surface area contributed by atoms with Gasteiger partial charge in [0.15, 0.2) is 0 Å². The monoisotopic (exact) mass is 340 g/mol. The predicted molar refractivity (Wildman–Crippen MR) is 91.6 cm³/mol. The Bertz CT molecular complexity index is 742. The van der Waals surface area contributed by atoms with Crippen LogP contribution in [0.4, 0.5) is 0 Å². The van der Waals surface area contributed by atoms with Gasteiger partial charge in [0.1, 0.15) is 5.69 Å². The van der Waals surface area contributed by atoms with E-state index in [-0.39, 0.29) is 17.7 Å². The first-order valence-corrected chi connectivity index (χ1v) is 8.27. The second-order valence-electron chi connectivity index (χ2n) is 6.03. The van der Waals surface area contributed by atoms with Gasteiger partial charge in [-0.25, -0.2) is 9.78 Å². The van der Waals surface area contributed by atoms with Crippen LogP contribution in [0.25, 0.3) is 0 Å². The summed E-state index contributed by atoms with van der Waals surface area (Å²) in [6.45, 7) is 1.74. The second kappa shape index (κ2) is 7.90. The van der Waals surface area contributed by atoms with Crippen LogP contribution < -0.4 is 0 Å². The lowest BCUT2D eigenvalue weighted by Crippen LogP contribution is -2.54. The molecule has 0 atom stereocenters. The molecule has 0 unspecified atom stereocenters. The second-order valence-corrected chi connectivity index (χ2v) is 6.03. The zero-order valence-corrected chi connectivity index (χ0v) is 13.8. The fourth-order valence-corrected chi connectivity index (χ4v) is 2.74. The average Bonchev–Trinajstić information content (AvgIpc) is 2.60. The number of carbonyl (C=O) groups is 2. The standard InChI is InChI=1S/C19H20N2O4/c22-18(15-8-9-20-17(11-15)19(23)24)21-12-16(13-21)25-10-4-7-14-5-2-1-3-6-14/h1-3,5-6,8-9,11,16H,4,7,10,12-13H2,(H,23,24). The van der Waals surface area contributed by atoms with Crippen LogP contribution in [0, 0.1) is 0 Å². The van der Waals surface area contributed by atoms with Gasteiger partial charge < -0.3 is 14.7 Å². The van der Waals surface area contributed by atoms with Gasteiger partial charge in [-0.15, -0.1) is 0 Å². The first-order valence-electron chi connectivity index (χ1n) is 8.27. The third kappa shape index (κ3) is 4.42. The van der Waals surface area contributed by atoms with Gasteiger partial charge >= 0.3 is 5.97 Å². The highest BCUT2D eigenvalue weighted by molar-refractivity contribution is 5.97. The Morgan fingerprint density at radius 2 is 1.96 bits per heavy atom. The summed E-state index contributed by atoms with van der Waals surface area (Å²) in [7, 11) is 0. The van der Waals surface area contributed by atoms with Gasteiger partial charge in [-0.05, 0) is 30.5 Å². The number of rotatable bonds is 7. The Morgan fingerprint density at radius 3 is 2.68 bits per heavy atom. The summed E-state index contributed by atoms with van der Waals surface area (Å²) < 4.78 is 5.78. The van der Waals surface area contributed by atoms with Gasteiger partial charge in [0.05, 0.1) is 6.10 Å². The van der Waals surface area contributed by atoms with Crippen molar-refractivity contribution in [2.24, 2.45) is 0 Å². The van der Waals surface area contributed by atoms with Gasteiger partial charge in [-0.2, -0.15) is 0 Å². The lowest BCUT2D eigenvalue weighted by molar-refractivity contribution is -0.0429. The van der Waals surface area contributed by atoms with E-state index in [9.17, 15) is 9.59 Å². The van der Waals surface area contributed by atoms with Crippen LogP contribution in [0.1, 0.15) is 32.8 Å². The number of hydrogen-bond acceptors (Lipinski definition) is 4. The number of aryl methyl sites for hydroxylation is 1. The molecule has 0 spiro atoms. The molecule has 2 aromatic rings. The van der Waals surface area contributed by atoms with Crippen molar-refractivity contribution in [1.82, 2.24) is 9.88 Å². The number of hydrogen-bond donors (Lipinski definition) is 1. The fraction of sp³-hybridized carbons (Fsp3) is 0.316. The van der Waals surface area contributed by atoms with E-state index in [2.05, 4.69) is 17.1 Å². The molecule has 1 amide bonds. The first-order chi connectivity index (χ1) is 12.1. The highest BCUT2D eigenvalue weighted by atomic mass is 16.5. The van der Waals surface area contributed by atoms with E-state index < -0.39 is 5.97 Å². The predicted octanol–water partition coefficient (Wildman–Crippen LogP) is 2.25. The highest BCUT2D eigenvalue weighted by Gasteiger charge is 2.32. The highest BCUT2D eigenvalue weighted by Crippen LogP contribution is 2.17. The van der Waals surface area contributed by atoms with E-state index >= 15 is 0 Å². The van der Waals surface area contributed by atoms with Crippen molar-refractivity contribution in [3.05, 3.63) is 65.5 Å². The molecule has 130 valence electrons. The maximum absolute atomic E-state index is 12.3. The molecule has 6 nitrogen and oxygen atoms in total. The minimum Gasteiger partial charge on any atom is -0.477 e. The van der Waals surface area contributed by atoms with E-state index in [1.165, 1.54) is 23.9 Å². The molecule has 0 aliphatic carbocycles. The lowest BCUT2D eigenvalue weighted by Gasteiger charge is -2.39. The summed E-state index contributed by atoms with van der Waals surface area (Å²) >= 11 is 0. The molecule has 1 aromatic carbocycles. The third-order valence-corrected chi connectivity index (χ3v) is 4.17. The van der Waals surface area contributed by atoms with Crippen molar-refractivity contribution < 1.29 is 19.4 Å². The number of aromatic nitrogens is 1. The summed E-state index contributed by atoms with van der Waals surface area (Å²) in [6, 6.07) is 13.1. The third-order valence-electron chi connectivity index (χ3n) is 4.17. The van der Waals surface area contributed by atoms with Gasteiger partial charge in [0, 0.05) is 31.5 Å². The van der Waals surface area contributed by atoms with Crippen molar-refractivity contribution in [3.8, 4) is 0 Å². The van der Waals surface area contributed by atoms with Crippen LogP contribution in [-0.2, 0) is 11.2 Å². The number of carboxylic acid groups (broad SMARTS) is 1. The van der Waals surface area contributed by atoms with Crippen molar-refractivity contribution in [3.63, 3.8) is 0 Å². The lowest BCUT2D eigenvalue weighted by atomic mass is 10.1. The maximum Gasteiger partial charge on any atom is 0.354 e. The molecule has 1 fully saturated rings. The van der Waals surface area contributed by atoms with Crippen LogP contribution in [0.15, 0.2) is 48.7 Å². The normalized spacial score (nSPS) is 14.2. The van der Waals surface area contributed by atoms with E-state index in [1.807, 2.05) is 18.2 Å². The summed E-state index contributed by atoms with van der Waals surface area (Å²) in [5.74, 6) is -1.33. The number of likely N-dealkylation sites (tertiary alicyclic amines) is 1. The van der Waals surface area contributed by atoms with E-state index in [4.69, 9.17) is 9.84 Å². The molecule has 0 saturated carbocycles. The summed E-state index contributed by atoms with van der Waals surface area (Å²) in [6.07, 6.45) is 3.32. The molecular formula is C19H20N2O4. The van der Waals surface area contributed by atoms with Gasteiger partial charge in [0.2, 0.25) is 0 Å². The molecule has 1 aromatic heterocycles. The molecule has 6 heteroatoms. The van der Waals surface area contributed by atoms with Crippen LogP contribution in [0.5, 0.6) is 0 Å². The molecule has 1 N–H and O–H groups in total. The van der Waals surface area contributed by atoms with Gasteiger partial charge in [0.25, 0.3) is 5.91 Å². The SMILES string of the molecule is O=C(O)c1cc(C(=O)N2CC(OCCCc3ccccc3)C2)ccn1. The number of carboxylic acids is 1. The zero-order valence-electron chi connectivity index (χ0n) is 13.8. The smallest absolute Gasteiger partial charge is 0.354 e. The molecule has 2 heterocycles. The number of benzene rings is 1. The van der Waals surface area contributed by atoms with Crippen LogP contribution in [0.2, 0.25) is 0 Å². The quantitative estimate of drug-likeness (QED) is 0.782. The zero-order chi connectivity index (χ0) is 17.6. The molecule has 1 saturated heterocycles. The number of ether oxygens (including phenoxy) is 1. The van der Waals surface area contributed by atoms with Gasteiger partial charge in [-0.1, -0.05) is 30.3 Å². The summed E-state index contributed by atoms with van der Waals surface area (Å²) in [5.41, 5.74) is 1.51. The molecule has 1 aliphatic rings. The first kappa shape index (κ1) is 17.1. The summed E-state index contributed by atoms with van der Waals surface area (Å²) in [4.78, 5) is 28.6. The Labute approximate surface area is 146 Å². The van der Waals surface area contributed by atoms with Crippen LogP contribution >= 0.6 is 0 Å². The topological polar surface area (TPSA) is 79.7 Å². The Balaban J connectivity index is 1.39. The number of pyridine rings is 1. The minimum absolute atomic E-state index is 0.0560. The number of amides is 1. The molecule has 0 bridgehead atoms. The Kier molecular flexibility index (Phi) is 5.40. The molecule has 1 aliphatic heterocycles. The largest absolute Gasteiger partial charge is 0.477 e. The van der Waals surface area contributed by atoms with E-state index in [0.717, 1.165) is 12.8 Å². The van der Waals surface area contributed by atoms with Crippen molar-refractivity contribution >= 4 is 11.9 Å². The maximum atomic E-state index is 12.3. The number of carbonyl (C=O) groups excluding carboxylic acids is 1. The van der Waals surface area contributed by atoms with E-state index in [1.54, 1.807) is 4.90 Å². The van der Waals surface area contributed by atoms with Crippen molar-refractivity contribution in [2.45, 2.75) is 18.9 Å². The summed E-state index contributed by atoms with van der Waals surface area (Å²) in [5, 5.41) is 8.94. The van der Waals surface area contributed by atoms with Gasteiger partial charge in [-0.3, -0.25) is 4.79 Å². The molecule has 0 radical (unpaired) electrons. The van der Waals surface area contributed by atoms with Crippen molar-refractivity contribution in [2.75, 3.05) is 19.7 Å². The minimum atomic E-state index is -1.14. The van der Waals surface area contributed by atoms with Crippen LogP contribution in [0.3, 0.4) is 0 Å². The Hall–Kier alpha value is -2.73. The van der Waals surface area contributed by atoms with E-state index in [0.29, 0.717) is 25.3 Å². The average molecular weight is 340 g/mol. The fourth-order valence-electron chi connectivity index (χ4n) is 2.74. The number of aromatic carboxylic acids is 1. The van der Waals surface area contributed by atoms with Crippen LogP contribution in [-0.4, -0.2) is 52.7 Å². The molecular weight excluding hydrogens is 320 g/mol. The Morgan fingerprint density at radius 1 is 1.20 bits per heavy atom.